The maximum absolute atomic E-state index is 11.0. The zero-order valence-corrected chi connectivity index (χ0v) is 14.1. The van der Waals surface area contributed by atoms with Gasteiger partial charge in [-0.05, 0) is 49.1 Å². The summed E-state index contributed by atoms with van der Waals surface area (Å²) in [5.74, 6) is 2.26. The van der Waals surface area contributed by atoms with Gasteiger partial charge in [0.05, 0.1) is 0 Å². The van der Waals surface area contributed by atoms with E-state index in [1.165, 1.54) is 19.8 Å². The lowest BCUT2D eigenvalue weighted by Crippen LogP contribution is -2.33. The number of piperidine rings is 1. The van der Waals surface area contributed by atoms with Crippen molar-refractivity contribution in [2.75, 3.05) is 28.6 Å². The first kappa shape index (κ1) is 16.2. The van der Waals surface area contributed by atoms with Crippen molar-refractivity contribution in [3.63, 3.8) is 0 Å². The van der Waals surface area contributed by atoms with E-state index in [-0.39, 0.29) is 5.91 Å². The van der Waals surface area contributed by atoms with Crippen LogP contribution < -0.4 is 15.5 Å². The second-order valence-electron chi connectivity index (χ2n) is 6.29. The molecule has 2 N–H and O–H groups in total. The molecule has 6 nitrogen and oxygen atoms in total. The number of hydrogen-bond acceptors (Lipinski definition) is 5. The molecular formula is C18H23N5O. The standard InChI is InChI=1S/C18H23N5O/c1-13-8-11-23(12-9-13)17-7-10-19-18(22-17)21-16-5-3-15(4-6-16)20-14(2)24/h3-7,10,13H,8-9,11-12H2,1-2H3,(H,20,24)(H,19,21,22). The van der Waals surface area contributed by atoms with E-state index in [9.17, 15) is 4.79 Å². The van der Waals surface area contributed by atoms with Crippen molar-refractivity contribution in [3.8, 4) is 0 Å². The van der Waals surface area contributed by atoms with Gasteiger partial charge in [0, 0.05) is 37.6 Å². The normalized spacial score (nSPS) is 15.2. The summed E-state index contributed by atoms with van der Waals surface area (Å²) in [7, 11) is 0. The lowest BCUT2D eigenvalue weighted by atomic mass is 9.99. The zero-order valence-electron chi connectivity index (χ0n) is 14.1. The predicted octanol–water partition coefficient (Wildman–Crippen LogP) is 3.41. The predicted molar refractivity (Wildman–Crippen MR) is 96.7 cm³/mol. The number of aromatic nitrogens is 2. The molecule has 1 fully saturated rings. The molecule has 1 aromatic heterocycles. The number of hydrogen-bond donors (Lipinski definition) is 2. The quantitative estimate of drug-likeness (QED) is 0.901. The van der Waals surface area contributed by atoms with Gasteiger partial charge in [0.1, 0.15) is 5.82 Å². The Kier molecular flexibility index (Phi) is 4.93. The Labute approximate surface area is 142 Å². The van der Waals surface area contributed by atoms with Gasteiger partial charge in [-0.3, -0.25) is 4.79 Å². The molecule has 0 radical (unpaired) electrons. The molecule has 0 bridgehead atoms. The van der Waals surface area contributed by atoms with Crippen LogP contribution in [0, 0.1) is 5.92 Å². The Hall–Kier alpha value is -2.63. The van der Waals surface area contributed by atoms with Gasteiger partial charge < -0.3 is 15.5 Å². The van der Waals surface area contributed by atoms with Gasteiger partial charge >= 0.3 is 0 Å². The molecule has 1 amide bonds. The van der Waals surface area contributed by atoms with Gasteiger partial charge in [-0.25, -0.2) is 4.98 Å². The molecule has 0 saturated carbocycles. The number of carbonyl (C=O) groups excluding carboxylic acids is 1. The van der Waals surface area contributed by atoms with Gasteiger partial charge in [-0.15, -0.1) is 0 Å². The summed E-state index contributed by atoms with van der Waals surface area (Å²) in [6.45, 7) is 5.88. The summed E-state index contributed by atoms with van der Waals surface area (Å²) < 4.78 is 0. The summed E-state index contributed by atoms with van der Waals surface area (Å²) in [5, 5.41) is 5.96. The average Bonchev–Trinajstić information content (AvgIpc) is 2.57. The number of nitrogens with zero attached hydrogens (tertiary/aromatic N) is 3. The molecule has 3 rings (SSSR count). The number of benzene rings is 1. The minimum Gasteiger partial charge on any atom is -0.356 e. The van der Waals surface area contributed by atoms with Crippen LogP contribution in [0.15, 0.2) is 36.5 Å². The van der Waals surface area contributed by atoms with Crippen LogP contribution in [0.5, 0.6) is 0 Å². The molecule has 0 aliphatic carbocycles. The first-order valence-corrected chi connectivity index (χ1v) is 8.33. The molecule has 0 unspecified atom stereocenters. The fourth-order valence-corrected chi connectivity index (χ4v) is 2.79. The molecule has 1 aliphatic heterocycles. The average molecular weight is 325 g/mol. The van der Waals surface area contributed by atoms with Crippen molar-refractivity contribution in [2.45, 2.75) is 26.7 Å². The van der Waals surface area contributed by atoms with E-state index >= 15 is 0 Å². The molecule has 2 aromatic rings. The van der Waals surface area contributed by atoms with Crippen molar-refractivity contribution >= 4 is 29.0 Å². The fraction of sp³-hybridized carbons (Fsp3) is 0.389. The van der Waals surface area contributed by atoms with Crippen LogP contribution in [0.25, 0.3) is 0 Å². The van der Waals surface area contributed by atoms with Crippen LogP contribution >= 0.6 is 0 Å². The Morgan fingerprint density at radius 3 is 2.46 bits per heavy atom. The highest BCUT2D eigenvalue weighted by Crippen LogP contribution is 2.23. The summed E-state index contributed by atoms with van der Waals surface area (Å²) in [6, 6.07) is 9.44. The number of rotatable bonds is 4. The Balaban J connectivity index is 1.67. The zero-order chi connectivity index (χ0) is 16.9. The molecule has 24 heavy (non-hydrogen) atoms. The summed E-state index contributed by atoms with van der Waals surface area (Å²) in [5.41, 5.74) is 1.65. The van der Waals surface area contributed by atoms with Gasteiger partial charge in [0.2, 0.25) is 11.9 Å². The maximum atomic E-state index is 11.0. The van der Waals surface area contributed by atoms with E-state index in [4.69, 9.17) is 0 Å². The molecule has 2 heterocycles. The molecule has 0 spiro atoms. The van der Waals surface area contributed by atoms with Gasteiger partial charge in [0.15, 0.2) is 0 Å². The number of nitrogens with one attached hydrogen (secondary N) is 2. The lowest BCUT2D eigenvalue weighted by Gasteiger charge is -2.31. The SMILES string of the molecule is CC(=O)Nc1ccc(Nc2nccc(N3CCC(C)CC3)n2)cc1. The van der Waals surface area contributed by atoms with Gasteiger partial charge in [-0.1, -0.05) is 6.92 Å². The minimum absolute atomic E-state index is 0.0809. The number of anilines is 4. The van der Waals surface area contributed by atoms with Crippen LogP contribution in [-0.2, 0) is 4.79 Å². The van der Waals surface area contributed by atoms with Crippen molar-refractivity contribution < 1.29 is 4.79 Å². The third-order valence-corrected chi connectivity index (χ3v) is 4.21. The van der Waals surface area contributed by atoms with E-state index < -0.39 is 0 Å². The molecule has 126 valence electrons. The van der Waals surface area contributed by atoms with Crippen molar-refractivity contribution in [1.82, 2.24) is 9.97 Å². The highest BCUT2D eigenvalue weighted by atomic mass is 16.1. The highest BCUT2D eigenvalue weighted by molar-refractivity contribution is 5.88. The largest absolute Gasteiger partial charge is 0.356 e. The molecule has 6 heteroatoms. The first-order chi connectivity index (χ1) is 11.6. The number of carbonyl (C=O) groups is 1. The molecular weight excluding hydrogens is 302 g/mol. The monoisotopic (exact) mass is 325 g/mol. The molecule has 1 saturated heterocycles. The van der Waals surface area contributed by atoms with Crippen LogP contribution in [0.4, 0.5) is 23.1 Å². The molecule has 1 aliphatic rings. The van der Waals surface area contributed by atoms with Crippen LogP contribution in [0.3, 0.4) is 0 Å². The van der Waals surface area contributed by atoms with E-state index in [0.717, 1.165) is 36.2 Å². The first-order valence-electron chi connectivity index (χ1n) is 8.33. The third kappa shape index (κ3) is 4.22. The van der Waals surface area contributed by atoms with Crippen LogP contribution in [-0.4, -0.2) is 29.0 Å². The van der Waals surface area contributed by atoms with Crippen molar-refractivity contribution in [3.05, 3.63) is 36.5 Å². The van der Waals surface area contributed by atoms with E-state index in [2.05, 4.69) is 32.4 Å². The second kappa shape index (κ2) is 7.29. The fourth-order valence-electron chi connectivity index (χ4n) is 2.79. The van der Waals surface area contributed by atoms with E-state index in [0.29, 0.717) is 5.95 Å². The van der Waals surface area contributed by atoms with Crippen molar-refractivity contribution in [2.24, 2.45) is 5.92 Å². The van der Waals surface area contributed by atoms with Crippen molar-refractivity contribution in [1.29, 1.82) is 0 Å². The Bertz CT molecular complexity index is 693. The second-order valence-corrected chi connectivity index (χ2v) is 6.29. The third-order valence-electron chi connectivity index (χ3n) is 4.21. The smallest absolute Gasteiger partial charge is 0.229 e. The molecule has 0 atom stereocenters. The summed E-state index contributed by atoms with van der Waals surface area (Å²) in [4.78, 5) is 22.3. The summed E-state index contributed by atoms with van der Waals surface area (Å²) in [6.07, 6.45) is 4.20. The Morgan fingerprint density at radius 1 is 1.12 bits per heavy atom. The topological polar surface area (TPSA) is 70.2 Å². The highest BCUT2D eigenvalue weighted by Gasteiger charge is 2.17. The lowest BCUT2D eigenvalue weighted by molar-refractivity contribution is -0.114. The summed E-state index contributed by atoms with van der Waals surface area (Å²) >= 11 is 0. The van der Waals surface area contributed by atoms with Crippen LogP contribution in [0.2, 0.25) is 0 Å². The van der Waals surface area contributed by atoms with Gasteiger partial charge in [-0.2, -0.15) is 4.98 Å². The van der Waals surface area contributed by atoms with Gasteiger partial charge in [0.25, 0.3) is 0 Å². The number of amides is 1. The minimum atomic E-state index is -0.0809. The maximum Gasteiger partial charge on any atom is 0.229 e. The van der Waals surface area contributed by atoms with Crippen LogP contribution in [0.1, 0.15) is 26.7 Å². The van der Waals surface area contributed by atoms with E-state index in [1.54, 1.807) is 6.20 Å². The Morgan fingerprint density at radius 2 is 1.79 bits per heavy atom. The van der Waals surface area contributed by atoms with E-state index in [1.807, 2.05) is 30.3 Å². The molecule has 1 aromatic carbocycles.